The maximum atomic E-state index is 12.3. The summed E-state index contributed by atoms with van der Waals surface area (Å²) in [5.41, 5.74) is 2.00. The van der Waals surface area contributed by atoms with Gasteiger partial charge in [-0.1, -0.05) is 38.1 Å². The smallest absolute Gasteiger partial charge is 0.325 e. The van der Waals surface area contributed by atoms with Crippen molar-refractivity contribution >= 4 is 11.9 Å². The number of imide groups is 1. The van der Waals surface area contributed by atoms with Crippen LogP contribution >= 0.6 is 0 Å². The number of carbonyl (C=O) groups excluding carboxylic acids is 2. The van der Waals surface area contributed by atoms with E-state index >= 15 is 0 Å². The number of hydrogen-bond acceptors (Lipinski definition) is 4. The Labute approximate surface area is 134 Å². The lowest BCUT2D eigenvalue weighted by atomic mass is 10.0. The van der Waals surface area contributed by atoms with Crippen molar-refractivity contribution in [2.45, 2.75) is 33.0 Å². The second kappa shape index (κ2) is 6.20. The van der Waals surface area contributed by atoms with Gasteiger partial charge in [0.2, 0.25) is 0 Å². The van der Waals surface area contributed by atoms with Crippen molar-refractivity contribution in [3.8, 4) is 0 Å². The topological polar surface area (TPSA) is 80.1 Å². The predicted octanol–water partition coefficient (Wildman–Crippen LogP) is 1.40. The quantitative estimate of drug-likeness (QED) is 0.846. The maximum absolute atomic E-state index is 12.3. The van der Waals surface area contributed by atoms with E-state index < -0.39 is 6.04 Å². The fraction of sp³-hybridized carbons (Fsp3) is 0.375. The zero-order chi connectivity index (χ0) is 16.4. The van der Waals surface area contributed by atoms with Crippen LogP contribution in [0.4, 0.5) is 4.79 Å². The number of benzene rings is 1. The zero-order valence-corrected chi connectivity index (χ0v) is 13.1. The van der Waals surface area contributed by atoms with Gasteiger partial charge in [0, 0.05) is 0 Å². The van der Waals surface area contributed by atoms with Crippen LogP contribution in [0.3, 0.4) is 0 Å². The summed E-state index contributed by atoms with van der Waals surface area (Å²) in [5.74, 6) is -0.0711. The van der Waals surface area contributed by atoms with Crippen molar-refractivity contribution in [3.63, 3.8) is 0 Å². The Hall–Kier alpha value is -2.70. The van der Waals surface area contributed by atoms with Crippen LogP contribution in [0.1, 0.15) is 25.0 Å². The van der Waals surface area contributed by atoms with Crippen molar-refractivity contribution < 1.29 is 9.59 Å². The first-order chi connectivity index (χ1) is 11.0. The molecule has 1 saturated heterocycles. The van der Waals surface area contributed by atoms with Gasteiger partial charge < -0.3 is 5.32 Å². The summed E-state index contributed by atoms with van der Waals surface area (Å²) >= 11 is 0. The van der Waals surface area contributed by atoms with E-state index in [0.29, 0.717) is 6.54 Å². The van der Waals surface area contributed by atoms with Crippen LogP contribution in [0, 0.1) is 5.92 Å². The molecule has 3 amide bonds. The van der Waals surface area contributed by atoms with E-state index in [1.54, 1.807) is 11.0 Å². The molecule has 1 aliphatic heterocycles. The number of amides is 3. The van der Waals surface area contributed by atoms with Crippen LogP contribution in [0.25, 0.3) is 0 Å². The van der Waals surface area contributed by atoms with E-state index in [-0.39, 0.29) is 24.4 Å². The lowest BCUT2D eigenvalue weighted by Gasteiger charge is -2.14. The summed E-state index contributed by atoms with van der Waals surface area (Å²) < 4.78 is 1.74. The van der Waals surface area contributed by atoms with Gasteiger partial charge in [-0.3, -0.25) is 9.69 Å². The Morgan fingerprint density at radius 3 is 2.30 bits per heavy atom. The Morgan fingerprint density at radius 2 is 1.78 bits per heavy atom. The summed E-state index contributed by atoms with van der Waals surface area (Å²) in [6.07, 6.45) is 3.16. The molecule has 2 heterocycles. The van der Waals surface area contributed by atoms with Gasteiger partial charge in [0.15, 0.2) is 0 Å². The molecule has 0 unspecified atom stereocenters. The number of rotatable bonds is 5. The minimum Gasteiger partial charge on any atom is -0.326 e. The molecule has 1 fully saturated rings. The van der Waals surface area contributed by atoms with Gasteiger partial charge in [0.1, 0.15) is 18.7 Å². The van der Waals surface area contributed by atoms with Crippen molar-refractivity contribution in [1.82, 2.24) is 25.0 Å². The van der Waals surface area contributed by atoms with E-state index in [4.69, 9.17) is 0 Å². The molecule has 0 radical (unpaired) electrons. The Balaban J connectivity index is 1.66. The molecule has 0 bridgehead atoms. The van der Waals surface area contributed by atoms with Crippen LogP contribution < -0.4 is 5.32 Å². The highest BCUT2D eigenvalue weighted by molar-refractivity contribution is 6.04. The van der Waals surface area contributed by atoms with E-state index in [1.807, 2.05) is 38.1 Å². The van der Waals surface area contributed by atoms with Gasteiger partial charge in [0.25, 0.3) is 5.91 Å². The second-order valence-corrected chi connectivity index (χ2v) is 6.01. The summed E-state index contributed by atoms with van der Waals surface area (Å²) in [6, 6.07) is 7.05. The SMILES string of the molecule is CC(C)[C@@H]1NC(=O)N(Cc2ccc(Cn3cncn3)cc2)C1=O. The third-order valence-corrected chi connectivity index (χ3v) is 3.90. The minimum absolute atomic E-state index is 0.0847. The molecule has 1 aromatic carbocycles. The van der Waals surface area contributed by atoms with Crippen LogP contribution in [-0.2, 0) is 17.9 Å². The first-order valence-electron chi connectivity index (χ1n) is 7.56. The molecule has 23 heavy (non-hydrogen) atoms. The summed E-state index contributed by atoms with van der Waals surface area (Å²) in [7, 11) is 0. The molecule has 1 aliphatic rings. The van der Waals surface area contributed by atoms with Gasteiger partial charge in [-0.2, -0.15) is 5.10 Å². The summed E-state index contributed by atoms with van der Waals surface area (Å²) in [5, 5.41) is 6.79. The molecule has 1 N–H and O–H groups in total. The third kappa shape index (κ3) is 3.23. The van der Waals surface area contributed by atoms with Gasteiger partial charge in [0.05, 0.1) is 13.1 Å². The van der Waals surface area contributed by atoms with Crippen LogP contribution in [0.2, 0.25) is 0 Å². The molecular formula is C16H19N5O2. The average molecular weight is 313 g/mol. The van der Waals surface area contributed by atoms with Gasteiger partial charge in [-0.25, -0.2) is 14.5 Å². The molecule has 120 valence electrons. The molecule has 0 spiro atoms. The number of nitrogens with one attached hydrogen (secondary N) is 1. The highest BCUT2D eigenvalue weighted by Crippen LogP contribution is 2.17. The Bertz CT molecular complexity index is 694. The highest BCUT2D eigenvalue weighted by atomic mass is 16.2. The average Bonchev–Trinajstić information content (AvgIpc) is 3.12. The van der Waals surface area contributed by atoms with Crippen LogP contribution in [0.15, 0.2) is 36.9 Å². The molecule has 0 aliphatic carbocycles. The molecule has 1 aromatic heterocycles. The molecule has 0 saturated carbocycles. The number of aromatic nitrogens is 3. The van der Waals surface area contributed by atoms with E-state index in [1.165, 1.54) is 11.2 Å². The molecule has 7 heteroatoms. The Morgan fingerprint density at radius 1 is 1.13 bits per heavy atom. The van der Waals surface area contributed by atoms with Crippen molar-refractivity contribution in [3.05, 3.63) is 48.0 Å². The van der Waals surface area contributed by atoms with E-state index in [2.05, 4.69) is 15.4 Å². The first-order valence-corrected chi connectivity index (χ1v) is 7.56. The standard InChI is InChI=1S/C16H19N5O2/c1-11(2)14-15(22)21(16(23)19-14)8-13-5-3-12(4-6-13)7-20-10-17-9-18-20/h3-6,9-11,14H,7-8H2,1-2H3,(H,19,23)/t14-/m0/s1. The van der Waals surface area contributed by atoms with Gasteiger partial charge in [-0.15, -0.1) is 0 Å². The molecule has 2 aromatic rings. The maximum Gasteiger partial charge on any atom is 0.325 e. The third-order valence-electron chi connectivity index (χ3n) is 3.90. The molecule has 1 atom stereocenters. The number of nitrogens with zero attached hydrogens (tertiary/aromatic N) is 4. The molecular weight excluding hydrogens is 294 g/mol. The first kappa shape index (κ1) is 15.2. The van der Waals surface area contributed by atoms with Gasteiger partial charge >= 0.3 is 6.03 Å². The van der Waals surface area contributed by atoms with Gasteiger partial charge in [-0.05, 0) is 17.0 Å². The summed E-state index contributed by atoms with van der Waals surface area (Å²) in [4.78, 5) is 29.4. The van der Waals surface area contributed by atoms with Crippen LogP contribution in [-0.4, -0.2) is 37.6 Å². The van der Waals surface area contributed by atoms with Crippen molar-refractivity contribution in [1.29, 1.82) is 0 Å². The predicted molar refractivity (Wildman–Crippen MR) is 83.3 cm³/mol. The molecule has 3 rings (SSSR count). The lowest BCUT2D eigenvalue weighted by Crippen LogP contribution is -2.34. The monoisotopic (exact) mass is 313 g/mol. The van der Waals surface area contributed by atoms with Crippen molar-refractivity contribution in [2.24, 2.45) is 5.92 Å². The zero-order valence-electron chi connectivity index (χ0n) is 13.1. The lowest BCUT2D eigenvalue weighted by molar-refractivity contribution is -0.128. The number of hydrogen-bond donors (Lipinski definition) is 1. The normalized spacial score (nSPS) is 17.9. The van der Waals surface area contributed by atoms with E-state index in [0.717, 1.165) is 11.1 Å². The largest absolute Gasteiger partial charge is 0.326 e. The van der Waals surface area contributed by atoms with E-state index in [9.17, 15) is 9.59 Å². The second-order valence-electron chi connectivity index (χ2n) is 6.01. The Kier molecular flexibility index (Phi) is 4.10. The van der Waals surface area contributed by atoms with Crippen molar-refractivity contribution in [2.75, 3.05) is 0 Å². The number of carbonyl (C=O) groups is 2. The summed E-state index contributed by atoms with van der Waals surface area (Å²) in [6.45, 7) is 4.77. The molecule has 7 nitrogen and oxygen atoms in total. The van der Waals surface area contributed by atoms with Crippen LogP contribution in [0.5, 0.6) is 0 Å². The fourth-order valence-electron chi connectivity index (χ4n) is 2.58. The highest BCUT2D eigenvalue weighted by Gasteiger charge is 2.39. The number of urea groups is 1. The fourth-order valence-corrected chi connectivity index (χ4v) is 2.58. The minimum atomic E-state index is -0.422.